The van der Waals surface area contributed by atoms with Crippen LogP contribution in [0.4, 0.5) is 0 Å². The Morgan fingerprint density at radius 2 is 2.08 bits per heavy atom. The Morgan fingerprint density at radius 1 is 1.38 bits per heavy atom. The van der Waals surface area contributed by atoms with E-state index in [0.717, 1.165) is 19.3 Å². The molecule has 0 radical (unpaired) electrons. The SMILES string of the molecule is CCCCC/C(OC=O)=C(/O)C=O. The minimum absolute atomic E-state index is 0.0541. The molecule has 0 fully saturated rings. The lowest BCUT2D eigenvalue weighted by Gasteiger charge is -2.03. The van der Waals surface area contributed by atoms with Crippen LogP contribution < -0.4 is 0 Å². The zero-order valence-corrected chi connectivity index (χ0v) is 7.66. The van der Waals surface area contributed by atoms with Gasteiger partial charge in [-0.2, -0.15) is 0 Å². The fraction of sp³-hybridized carbons (Fsp3) is 0.556. The predicted molar refractivity (Wildman–Crippen MR) is 47.0 cm³/mol. The van der Waals surface area contributed by atoms with Crippen LogP contribution in [0, 0.1) is 0 Å². The number of rotatable bonds is 7. The molecule has 0 spiro atoms. The Bertz CT molecular complexity index is 196. The molecule has 0 aliphatic rings. The quantitative estimate of drug-likeness (QED) is 0.284. The van der Waals surface area contributed by atoms with Crippen LogP contribution in [0.25, 0.3) is 0 Å². The first-order valence-electron chi connectivity index (χ1n) is 4.23. The summed E-state index contributed by atoms with van der Waals surface area (Å²) in [7, 11) is 0. The highest BCUT2D eigenvalue weighted by molar-refractivity contribution is 5.70. The molecule has 0 aliphatic heterocycles. The van der Waals surface area contributed by atoms with Crippen LogP contribution in [-0.4, -0.2) is 17.9 Å². The van der Waals surface area contributed by atoms with Crippen molar-refractivity contribution in [3.8, 4) is 0 Å². The van der Waals surface area contributed by atoms with Gasteiger partial charge in [-0.05, 0) is 6.42 Å². The maximum Gasteiger partial charge on any atom is 0.298 e. The van der Waals surface area contributed by atoms with E-state index in [4.69, 9.17) is 5.11 Å². The fourth-order valence-electron chi connectivity index (χ4n) is 0.907. The second-order valence-corrected chi connectivity index (χ2v) is 2.60. The summed E-state index contributed by atoms with van der Waals surface area (Å²) in [5, 5.41) is 8.98. The molecule has 0 rings (SSSR count). The van der Waals surface area contributed by atoms with Gasteiger partial charge in [-0.15, -0.1) is 0 Å². The minimum atomic E-state index is -0.497. The smallest absolute Gasteiger partial charge is 0.298 e. The third-order valence-electron chi connectivity index (χ3n) is 1.60. The van der Waals surface area contributed by atoms with Crippen LogP contribution >= 0.6 is 0 Å². The third-order valence-corrected chi connectivity index (χ3v) is 1.60. The molecule has 1 N–H and O–H groups in total. The molecular formula is C9H14O4. The van der Waals surface area contributed by atoms with Gasteiger partial charge in [0.2, 0.25) is 0 Å². The summed E-state index contributed by atoms with van der Waals surface area (Å²) in [6, 6.07) is 0. The van der Waals surface area contributed by atoms with E-state index in [0.29, 0.717) is 6.42 Å². The molecule has 74 valence electrons. The number of allylic oxidation sites excluding steroid dienone is 2. The van der Waals surface area contributed by atoms with Gasteiger partial charge in [0, 0.05) is 6.42 Å². The van der Waals surface area contributed by atoms with E-state index < -0.39 is 5.76 Å². The Morgan fingerprint density at radius 3 is 2.54 bits per heavy atom. The van der Waals surface area contributed by atoms with Crippen molar-refractivity contribution in [2.24, 2.45) is 0 Å². The first-order valence-corrected chi connectivity index (χ1v) is 4.23. The van der Waals surface area contributed by atoms with Gasteiger partial charge in [-0.1, -0.05) is 19.8 Å². The van der Waals surface area contributed by atoms with E-state index in [9.17, 15) is 9.59 Å². The molecule has 0 atom stereocenters. The Balaban J connectivity index is 4.09. The van der Waals surface area contributed by atoms with Crippen molar-refractivity contribution >= 4 is 12.8 Å². The molecule has 0 saturated heterocycles. The van der Waals surface area contributed by atoms with Crippen molar-refractivity contribution in [3.05, 3.63) is 11.5 Å². The van der Waals surface area contributed by atoms with E-state index >= 15 is 0 Å². The highest BCUT2D eigenvalue weighted by Gasteiger charge is 2.05. The van der Waals surface area contributed by atoms with Crippen molar-refractivity contribution in [1.29, 1.82) is 0 Å². The number of unbranched alkanes of at least 4 members (excludes halogenated alkanes) is 2. The van der Waals surface area contributed by atoms with Gasteiger partial charge >= 0.3 is 0 Å². The first kappa shape index (κ1) is 11.7. The molecule has 0 aromatic rings. The lowest BCUT2D eigenvalue weighted by atomic mass is 10.2. The Hall–Kier alpha value is -1.32. The number of aliphatic hydroxyl groups is 1. The van der Waals surface area contributed by atoms with Crippen LogP contribution in [0.1, 0.15) is 32.6 Å². The van der Waals surface area contributed by atoms with E-state index in [2.05, 4.69) is 4.74 Å². The Labute approximate surface area is 77.2 Å². The van der Waals surface area contributed by atoms with Gasteiger partial charge in [0.05, 0.1) is 0 Å². The lowest BCUT2D eigenvalue weighted by Crippen LogP contribution is -1.97. The summed E-state index contributed by atoms with van der Waals surface area (Å²) in [6.45, 7) is 2.24. The van der Waals surface area contributed by atoms with Gasteiger partial charge in [-0.25, -0.2) is 0 Å². The molecule has 0 aromatic carbocycles. The van der Waals surface area contributed by atoms with Gasteiger partial charge < -0.3 is 9.84 Å². The molecule has 0 bridgehead atoms. The highest BCUT2D eigenvalue weighted by atomic mass is 16.5. The molecule has 4 heteroatoms. The van der Waals surface area contributed by atoms with Gasteiger partial charge in [-0.3, -0.25) is 9.59 Å². The van der Waals surface area contributed by atoms with Crippen LogP contribution in [0.5, 0.6) is 0 Å². The third kappa shape index (κ3) is 5.00. The van der Waals surface area contributed by atoms with Crippen molar-refractivity contribution in [2.75, 3.05) is 0 Å². The average Bonchev–Trinajstić information content (AvgIpc) is 2.16. The number of carbonyl (C=O) groups is 2. The first-order chi connectivity index (χ1) is 6.26. The average molecular weight is 186 g/mol. The van der Waals surface area contributed by atoms with Crippen molar-refractivity contribution < 1.29 is 19.4 Å². The zero-order valence-electron chi connectivity index (χ0n) is 7.66. The molecule has 0 saturated carbocycles. The molecule has 4 nitrogen and oxygen atoms in total. The van der Waals surface area contributed by atoms with Gasteiger partial charge in [0.15, 0.2) is 17.8 Å². The van der Waals surface area contributed by atoms with E-state index in [1.54, 1.807) is 0 Å². The molecule has 0 heterocycles. The maximum absolute atomic E-state index is 10.2. The van der Waals surface area contributed by atoms with Gasteiger partial charge in [0.25, 0.3) is 6.47 Å². The lowest BCUT2D eigenvalue weighted by molar-refractivity contribution is -0.125. The molecule has 0 aromatic heterocycles. The molecular weight excluding hydrogens is 172 g/mol. The predicted octanol–water partition coefficient (Wildman–Crippen LogP) is 1.71. The summed E-state index contributed by atoms with van der Waals surface area (Å²) >= 11 is 0. The second-order valence-electron chi connectivity index (χ2n) is 2.60. The minimum Gasteiger partial charge on any atom is -0.502 e. The van der Waals surface area contributed by atoms with Crippen molar-refractivity contribution in [3.63, 3.8) is 0 Å². The highest BCUT2D eigenvalue weighted by Crippen LogP contribution is 2.11. The number of aliphatic hydroxyl groups excluding tert-OH is 1. The van der Waals surface area contributed by atoms with Gasteiger partial charge in [0.1, 0.15) is 0 Å². The van der Waals surface area contributed by atoms with E-state index in [1.165, 1.54) is 0 Å². The number of aldehydes is 1. The molecule has 13 heavy (non-hydrogen) atoms. The second kappa shape index (κ2) is 7.34. The van der Waals surface area contributed by atoms with E-state index in [-0.39, 0.29) is 18.5 Å². The molecule has 0 amide bonds. The van der Waals surface area contributed by atoms with E-state index in [1.807, 2.05) is 6.92 Å². The largest absolute Gasteiger partial charge is 0.502 e. The standard InChI is InChI=1S/C9H14O4/c1-2-3-4-5-9(13-7-11)8(12)6-10/h6-7,12H,2-5H2,1H3/b9-8-. The zero-order chi connectivity index (χ0) is 10.1. The maximum atomic E-state index is 10.2. The van der Waals surface area contributed by atoms with Crippen LogP contribution in [0.15, 0.2) is 11.5 Å². The summed E-state index contributed by atoms with van der Waals surface area (Å²) in [5.74, 6) is -0.443. The normalized spacial score (nSPS) is 11.8. The van der Waals surface area contributed by atoms with Crippen LogP contribution in [0.2, 0.25) is 0 Å². The molecule has 0 unspecified atom stereocenters. The summed E-state index contributed by atoms with van der Waals surface area (Å²) < 4.78 is 4.46. The number of ether oxygens (including phenoxy) is 1. The topological polar surface area (TPSA) is 63.6 Å². The van der Waals surface area contributed by atoms with Crippen LogP contribution in [0.3, 0.4) is 0 Å². The van der Waals surface area contributed by atoms with Crippen LogP contribution in [-0.2, 0) is 14.3 Å². The number of hydrogen-bond donors (Lipinski definition) is 1. The number of hydrogen-bond acceptors (Lipinski definition) is 4. The van der Waals surface area contributed by atoms with Crippen molar-refractivity contribution in [1.82, 2.24) is 0 Å². The summed E-state index contributed by atoms with van der Waals surface area (Å²) in [5.41, 5.74) is 0. The summed E-state index contributed by atoms with van der Waals surface area (Å²) in [6.07, 6.45) is 3.47. The monoisotopic (exact) mass is 186 g/mol. The fourth-order valence-corrected chi connectivity index (χ4v) is 0.907. The number of carbonyl (C=O) groups excluding carboxylic acids is 2. The Kier molecular flexibility index (Phi) is 6.59. The summed E-state index contributed by atoms with van der Waals surface area (Å²) in [4.78, 5) is 20.1. The van der Waals surface area contributed by atoms with Crippen molar-refractivity contribution in [2.45, 2.75) is 32.6 Å². The molecule has 0 aliphatic carbocycles.